The van der Waals surface area contributed by atoms with Gasteiger partial charge in [-0.05, 0) is 29.7 Å². The zero-order valence-electron chi connectivity index (χ0n) is 14.1. The second-order valence-electron chi connectivity index (χ2n) is 6.92. The third-order valence-corrected chi connectivity index (χ3v) is 6.39. The average Bonchev–Trinajstić information content (AvgIpc) is 3.10. The Kier molecular flexibility index (Phi) is 2.84. The fourth-order valence-corrected chi connectivity index (χ4v) is 5.16. The number of aromatic nitrogens is 1. The molecule has 0 aliphatic rings. The summed E-state index contributed by atoms with van der Waals surface area (Å²) >= 11 is 1.94. The number of benzene rings is 3. The Hall–Kier alpha value is -2.32. The van der Waals surface area contributed by atoms with Crippen LogP contribution >= 0.6 is 11.3 Å². The van der Waals surface area contributed by atoms with Crippen molar-refractivity contribution in [2.24, 2.45) is 7.05 Å². The van der Waals surface area contributed by atoms with Gasteiger partial charge < -0.3 is 4.57 Å². The first-order chi connectivity index (χ1) is 11.6. The molecule has 0 aliphatic heterocycles. The number of para-hydroxylation sites is 1. The van der Waals surface area contributed by atoms with Gasteiger partial charge in [0.2, 0.25) is 0 Å². The third-order valence-electron chi connectivity index (χ3n) is 5.21. The second-order valence-corrected chi connectivity index (χ2v) is 7.98. The molecule has 0 bridgehead atoms. The average molecular weight is 329 g/mol. The van der Waals surface area contributed by atoms with Gasteiger partial charge in [-0.1, -0.05) is 50.2 Å². The van der Waals surface area contributed by atoms with Crippen LogP contribution < -0.4 is 0 Å². The number of thiophene rings is 1. The Bertz CT molecular complexity index is 1240. The Labute approximate surface area is 145 Å². The highest BCUT2D eigenvalue weighted by molar-refractivity contribution is 7.26. The summed E-state index contributed by atoms with van der Waals surface area (Å²) in [7, 11) is 2.17. The highest BCUT2D eigenvalue weighted by Gasteiger charge is 2.15. The highest BCUT2D eigenvalue weighted by Crippen LogP contribution is 2.42. The first kappa shape index (κ1) is 14.1. The molecule has 0 amide bonds. The molecule has 0 N–H and O–H groups in total. The van der Waals surface area contributed by atoms with Crippen molar-refractivity contribution in [1.29, 1.82) is 0 Å². The van der Waals surface area contributed by atoms with Gasteiger partial charge in [0.25, 0.3) is 0 Å². The molecule has 2 aromatic heterocycles. The number of nitrogens with zero attached hydrogens (tertiary/aromatic N) is 1. The molecule has 1 nitrogen and oxygen atoms in total. The van der Waals surface area contributed by atoms with Crippen molar-refractivity contribution >= 4 is 53.3 Å². The minimum atomic E-state index is 0.567. The molecule has 2 heteroatoms. The summed E-state index contributed by atoms with van der Waals surface area (Å²) in [5.74, 6) is 0.567. The van der Waals surface area contributed by atoms with Crippen LogP contribution in [0.4, 0.5) is 0 Å². The topological polar surface area (TPSA) is 4.93 Å². The fourth-order valence-electron chi connectivity index (χ4n) is 3.85. The van der Waals surface area contributed by atoms with Crippen LogP contribution in [0.2, 0.25) is 0 Å². The van der Waals surface area contributed by atoms with Gasteiger partial charge in [-0.3, -0.25) is 0 Å². The molecule has 0 spiro atoms. The van der Waals surface area contributed by atoms with E-state index in [2.05, 4.69) is 80.1 Å². The van der Waals surface area contributed by atoms with Crippen molar-refractivity contribution in [1.82, 2.24) is 4.57 Å². The van der Waals surface area contributed by atoms with Crippen LogP contribution in [0.15, 0.2) is 54.6 Å². The normalized spacial score (nSPS) is 12.3. The Morgan fingerprint density at radius 1 is 0.833 bits per heavy atom. The maximum atomic E-state index is 2.38. The van der Waals surface area contributed by atoms with Gasteiger partial charge in [0.15, 0.2) is 0 Å². The third kappa shape index (κ3) is 1.75. The molecule has 118 valence electrons. The number of aryl methyl sites for hydroxylation is 1. The van der Waals surface area contributed by atoms with Crippen molar-refractivity contribution in [3.63, 3.8) is 0 Å². The zero-order valence-corrected chi connectivity index (χ0v) is 14.9. The molecule has 0 radical (unpaired) electrons. The van der Waals surface area contributed by atoms with E-state index < -0.39 is 0 Å². The summed E-state index contributed by atoms with van der Waals surface area (Å²) in [6.07, 6.45) is 0. The number of hydrogen-bond donors (Lipinski definition) is 0. The first-order valence-electron chi connectivity index (χ1n) is 8.47. The van der Waals surface area contributed by atoms with Crippen LogP contribution in [0.1, 0.15) is 25.3 Å². The molecule has 0 aliphatic carbocycles. The monoisotopic (exact) mass is 329 g/mol. The van der Waals surface area contributed by atoms with E-state index in [-0.39, 0.29) is 0 Å². The van der Waals surface area contributed by atoms with Crippen molar-refractivity contribution in [3.05, 3.63) is 60.2 Å². The molecular weight excluding hydrogens is 310 g/mol. The van der Waals surface area contributed by atoms with E-state index >= 15 is 0 Å². The lowest BCUT2D eigenvalue weighted by atomic mass is 10.0. The lowest BCUT2D eigenvalue weighted by Gasteiger charge is -2.04. The van der Waals surface area contributed by atoms with E-state index in [9.17, 15) is 0 Å². The Morgan fingerprint density at radius 3 is 2.46 bits per heavy atom. The Balaban J connectivity index is 2.00. The van der Waals surface area contributed by atoms with Gasteiger partial charge in [-0.15, -0.1) is 11.3 Å². The molecule has 5 rings (SSSR count). The zero-order chi connectivity index (χ0) is 16.4. The summed E-state index contributed by atoms with van der Waals surface area (Å²) < 4.78 is 5.13. The Morgan fingerprint density at radius 2 is 1.62 bits per heavy atom. The van der Waals surface area contributed by atoms with Crippen molar-refractivity contribution in [2.75, 3.05) is 0 Å². The number of fused-ring (bicyclic) bond motifs is 7. The van der Waals surface area contributed by atoms with E-state index in [0.29, 0.717) is 5.92 Å². The van der Waals surface area contributed by atoms with E-state index in [4.69, 9.17) is 0 Å². The smallest absolute Gasteiger partial charge is 0.0503 e. The van der Waals surface area contributed by atoms with Crippen LogP contribution in [0.5, 0.6) is 0 Å². The molecule has 0 atom stereocenters. The lowest BCUT2D eigenvalue weighted by Crippen LogP contribution is -1.85. The maximum Gasteiger partial charge on any atom is 0.0503 e. The van der Waals surface area contributed by atoms with Crippen LogP contribution in [-0.4, -0.2) is 4.57 Å². The predicted octanol–water partition coefficient (Wildman–Crippen LogP) is 6.82. The van der Waals surface area contributed by atoms with Gasteiger partial charge in [-0.25, -0.2) is 0 Å². The van der Waals surface area contributed by atoms with Crippen molar-refractivity contribution < 1.29 is 0 Å². The van der Waals surface area contributed by atoms with Gasteiger partial charge >= 0.3 is 0 Å². The van der Waals surface area contributed by atoms with Crippen LogP contribution in [0, 0.1) is 0 Å². The molecular formula is C22H19NS. The molecule has 0 fully saturated rings. The molecule has 2 heterocycles. The summed E-state index contributed by atoms with van der Waals surface area (Å²) in [5, 5.41) is 5.53. The quantitative estimate of drug-likeness (QED) is 0.318. The largest absolute Gasteiger partial charge is 0.344 e. The lowest BCUT2D eigenvalue weighted by molar-refractivity contribution is 0.869. The minimum absolute atomic E-state index is 0.567. The molecule has 5 aromatic rings. The van der Waals surface area contributed by atoms with Crippen molar-refractivity contribution in [3.8, 4) is 0 Å². The molecule has 0 saturated carbocycles. The predicted molar refractivity (Wildman–Crippen MR) is 107 cm³/mol. The fraction of sp³-hybridized carbons (Fsp3) is 0.182. The van der Waals surface area contributed by atoms with Gasteiger partial charge in [0.1, 0.15) is 0 Å². The molecule has 3 aromatic carbocycles. The van der Waals surface area contributed by atoms with Crippen LogP contribution in [0.25, 0.3) is 42.0 Å². The van der Waals surface area contributed by atoms with Crippen LogP contribution in [0.3, 0.4) is 0 Å². The molecule has 24 heavy (non-hydrogen) atoms. The molecule has 0 saturated heterocycles. The number of hydrogen-bond acceptors (Lipinski definition) is 1. The van der Waals surface area contributed by atoms with Crippen LogP contribution in [-0.2, 0) is 7.05 Å². The van der Waals surface area contributed by atoms with E-state index in [0.717, 1.165) is 0 Å². The van der Waals surface area contributed by atoms with E-state index in [1.165, 1.54) is 47.5 Å². The maximum absolute atomic E-state index is 2.38. The van der Waals surface area contributed by atoms with Gasteiger partial charge in [-0.2, -0.15) is 0 Å². The standard InChI is InChI=1S/C22H19NS/c1-13(2)14-8-9-15-16-10-11-19-21(22(16)24-20(15)12-14)17-6-4-5-7-18(17)23(19)3/h4-13H,1-3H3. The molecule has 0 unspecified atom stereocenters. The second kappa shape index (κ2) is 4.84. The van der Waals surface area contributed by atoms with Gasteiger partial charge in [0, 0.05) is 43.5 Å². The van der Waals surface area contributed by atoms with E-state index in [1.54, 1.807) is 0 Å². The summed E-state index contributed by atoms with van der Waals surface area (Å²) in [5.41, 5.74) is 4.04. The van der Waals surface area contributed by atoms with Gasteiger partial charge in [0.05, 0.1) is 5.52 Å². The summed E-state index contributed by atoms with van der Waals surface area (Å²) in [6.45, 7) is 4.52. The summed E-state index contributed by atoms with van der Waals surface area (Å²) in [6, 6.07) is 20.3. The van der Waals surface area contributed by atoms with Crippen molar-refractivity contribution in [2.45, 2.75) is 19.8 Å². The SMILES string of the molecule is CC(C)c1ccc2c(c1)sc1c2ccc2c1c1ccccc1n2C. The summed E-state index contributed by atoms with van der Waals surface area (Å²) in [4.78, 5) is 0. The highest BCUT2D eigenvalue weighted by atomic mass is 32.1. The van der Waals surface area contributed by atoms with E-state index in [1.807, 2.05) is 11.3 Å². The first-order valence-corrected chi connectivity index (χ1v) is 9.29. The minimum Gasteiger partial charge on any atom is -0.344 e. The number of rotatable bonds is 1.